The molecule has 0 amide bonds. The van der Waals surface area contributed by atoms with Gasteiger partial charge in [0.1, 0.15) is 11.6 Å². The van der Waals surface area contributed by atoms with Crippen molar-refractivity contribution >= 4 is 29.1 Å². The summed E-state index contributed by atoms with van der Waals surface area (Å²) in [6.07, 6.45) is -4.79. The van der Waals surface area contributed by atoms with Gasteiger partial charge in [0.05, 0.1) is 12.3 Å². The van der Waals surface area contributed by atoms with Crippen LogP contribution in [-0.4, -0.2) is 34.6 Å². The van der Waals surface area contributed by atoms with E-state index in [2.05, 4.69) is 25.3 Å². The van der Waals surface area contributed by atoms with Crippen LogP contribution in [0.4, 0.5) is 30.6 Å². The lowest BCUT2D eigenvalue weighted by Gasteiger charge is -2.13. The molecule has 3 aromatic rings. The number of nitrogens with one attached hydrogen (secondary N) is 2. The summed E-state index contributed by atoms with van der Waals surface area (Å²) >= 11 is 6.05. The number of alkyl halides is 3. The number of aliphatic hydroxyl groups is 1. The van der Waals surface area contributed by atoms with Crippen molar-refractivity contribution in [2.75, 3.05) is 23.8 Å². The molecule has 158 valence electrons. The molecule has 0 spiro atoms. The Hall–Kier alpha value is -3.04. The standard InChI is InChI=1S/C20H18ClF3N4O2/c1-12-9-14(5-6-16(12)21)26-18-11-17(27-19(28-18)25-7-8-29)13-3-2-4-15(10-13)30-20(22,23)24/h2-6,9-11,29H,7-8H2,1H3,(H2,25,26,27,28). The van der Waals surface area contributed by atoms with Crippen LogP contribution in [-0.2, 0) is 0 Å². The topological polar surface area (TPSA) is 79.3 Å². The Labute approximate surface area is 175 Å². The Morgan fingerprint density at radius 3 is 2.60 bits per heavy atom. The van der Waals surface area contributed by atoms with Crippen LogP contribution in [0.2, 0.25) is 5.02 Å². The van der Waals surface area contributed by atoms with Gasteiger partial charge in [0.2, 0.25) is 5.95 Å². The molecule has 30 heavy (non-hydrogen) atoms. The molecule has 0 aliphatic heterocycles. The van der Waals surface area contributed by atoms with Crippen molar-refractivity contribution < 1.29 is 23.0 Å². The van der Waals surface area contributed by atoms with Gasteiger partial charge in [-0.3, -0.25) is 0 Å². The highest BCUT2D eigenvalue weighted by Crippen LogP contribution is 2.29. The van der Waals surface area contributed by atoms with E-state index in [4.69, 9.17) is 16.7 Å². The van der Waals surface area contributed by atoms with E-state index in [1.807, 2.05) is 13.0 Å². The molecule has 0 aliphatic carbocycles. The molecule has 0 fully saturated rings. The second-order valence-electron chi connectivity index (χ2n) is 6.28. The molecule has 0 radical (unpaired) electrons. The Balaban J connectivity index is 1.96. The summed E-state index contributed by atoms with van der Waals surface area (Å²) in [5.74, 6) is 0.257. The van der Waals surface area contributed by atoms with Crippen molar-refractivity contribution in [2.45, 2.75) is 13.3 Å². The van der Waals surface area contributed by atoms with Crippen molar-refractivity contribution in [3.63, 3.8) is 0 Å². The van der Waals surface area contributed by atoms with Gasteiger partial charge in [-0.05, 0) is 42.8 Å². The summed E-state index contributed by atoms with van der Waals surface area (Å²) in [6.45, 7) is 1.93. The normalized spacial score (nSPS) is 11.3. The first kappa shape index (κ1) is 21.7. The van der Waals surface area contributed by atoms with E-state index < -0.39 is 6.36 Å². The maximum Gasteiger partial charge on any atom is 0.573 e. The van der Waals surface area contributed by atoms with Crippen LogP contribution in [0.5, 0.6) is 5.75 Å². The minimum absolute atomic E-state index is 0.137. The number of nitrogens with zero attached hydrogens (tertiary/aromatic N) is 2. The fourth-order valence-electron chi connectivity index (χ4n) is 2.63. The van der Waals surface area contributed by atoms with E-state index in [1.54, 1.807) is 24.3 Å². The Morgan fingerprint density at radius 2 is 1.90 bits per heavy atom. The van der Waals surface area contributed by atoms with E-state index in [1.165, 1.54) is 18.2 Å². The molecule has 3 N–H and O–H groups in total. The second-order valence-corrected chi connectivity index (χ2v) is 6.68. The van der Waals surface area contributed by atoms with Gasteiger partial charge in [-0.2, -0.15) is 4.98 Å². The molecule has 3 rings (SSSR count). The van der Waals surface area contributed by atoms with Crippen LogP contribution in [0, 0.1) is 6.92 Å². The van der Waals surface area contributed by atoms with E-state index in [-0.39, 0.29) is 24.8 Å². The van der Waals surface area contributed by atoms with E-state index >= 15 is 0 Å². The number of ether oxygens (including phenoxy) is 1. The summed E-state index contributed by atoms with van der Waals surface area (Å²) in [4.78, 5) is 8.66. The van der Waals surface area contributed by atoms with Crippen LogP contribution >= 0.6 is 11.6 Å². The third-order valence-corrected chi connectivity index (χ3v) is 4.34. The van der Waals surface area contributed by atoms with Crippen LogP contribution in [0.1, 0.15) is 5.56 Å². The maximum absolute atomic E-state index is 12.5. The Kier molecular flexibility index (Phi) is 6.63. The zero-order valence-electron chi connectivity index (χ0n) is 15.8. The van der Waals surface area contributed by atoms with Gasteiger partial charge < -0.3 is 20.5 Å². The molecule has 1 aromatic heterocycles. The first-order valence-electron chi connectivity index (χ1n) is 8.87. The van der Waals surface area contributed by atoms with Crippen molar-refractivity contribution in [3.8, 4) is 17.0 Å². The van der Waals surface area contributed by atoms with Crippen LogP contribution in [0.3, 0.4) is 0 Å². The highest BCUT2D eigenvalue weighted by Gasteiger charge is 2.31. The van der Waals surface area contributed by atoms with Gasteiger partial charge in [-0.15, -0.1) is 13.2 Å². The number of aliphatic hydroxyl groups excluding tert-OH is 1. The second kappa shape index (κ2) is 9.19. The van der Waals surface area contributed by atoms with Crippen molar-refractivity contribution in [1.29, 1.82) is 0 Å². The molecule has 0 atom stereocenters. The highest BCUT2D eigenvalue weighted by atomic mass is 35.5. The number of halogens is 4. The number of aryl methyl sites for hydroxylation is 1. The van der Waals surface area contributed by atoms with Gasteiger partial charge in [-0.25, -0.2) is 4.98 Å². The van der Waals surface area contributed by atoms with Gasteiger partial charge >= 0.3 is 6.36 Å². The average molecular weight is 439 g/mol. The zero-order valence-corrected chi connectivity index (χ0v) is 16.6. The minimum Gasteiger partial charge on any atom is -0.406 e. The zero-order chi connectivity index (χ0) is 21.7. The summed E-state index contributed by atoms with van der Waals surface area (Å²) in [6, 6.07) is 12.4. The van der Waals surface area contributed by atoms with Gasteiger partial charge in [-0.1, -0.05) is 23.7 Å². The molecule has 0 bridgehead atoms. The van der Waals surface area contributed by atoms with Crippen molar-refractivity contribution in [3.05, 3.63) is 59.1 Å². The molecule has 2 aromatic carbocycles. The number of aromatic nitrogens is 2. The molecule has 6 nitrogen and oxygen atoms in total. The largest absolute Gasteiger partial charge is 0.573 e. The minimum atomic E-state index is -4.79. The molecule has 0 saturated carbocycles. The number of hydrogen-bond acceptors (Lipinski definition) is 6. The number of benzene rings is 2. The van der Waals surface area contributed by atoms with Gasteiger partial charge in [0, 0.05) is 28.9 Å². The van der Waals surface area contributed by atoms with Crippen LogP contribution < -0.4 is 15.4 Å². The van der Waals surface area contributed by atoms with Crippen molar-refractivity contribution in [2.24, 2.45) is 0 Å². The molecule has 10 heteroatoms. The fourth-order valence-corrected chi connectivity index (χ4v) is 2.75. The SMILES string of the molecule is Cc1cc(Nc2cc(-c3cccc(OC(F)(F)F)c3)nc(NCCO)n2)ccc1Cl. The van der Waals surface area contributed by atoms with E-state index in [9.17, 15) is 13.2 Å². The summed E-state index contributed by atoms with van der Waals surface area (Å²) in [7, 11) is 0. The third kappa shape index (κ3) is 5.98. The molecular weight excluding hydrogens is 421 g/mol. The van der Waals surface area contributed by atoms with Gasteiger partial charge in [0.15, 0.2) is 0 Å². The third-order valence-electron chi connectivity index (χ3n) is 3.91. The van der Waals surface area contributed by atoms with E-state index in [0.29, 0.717) is 22.1 Å². The molecule has 0 saturated heterocycles. The monoisotopic (exact) mass is 438 g/mol. The lowest BCUT2D eigenvalue weighted by atomic mass is 10.1. The van der Waals surface area contributed by atoms with Crippen LogP contribution in [0.25, 0.3) is 11.3 Å². The predicted octanol–water partition coefficient (Wildman–Crippen LogP) is 5.15. The van der Waals surface area contributed by atoms with E-state index in [0.717, 1.165) is 11.3 Å². The summed E-state index contributed by atoms with van der Waals surface area (Å²) in [5, 5.41) is 15.7. The summed E-state index contributed by atoms with van der Waals surface area (Å²) in [5.41, 5.74) is 2.36. The lowest BCUT2D eigenvalue weighted by molar-refractivity contribution is -0.274. The molecule has 0 aliphatic rings. The molecule has 0 unspecified atom stereocenters. The smallest absolute Gasteiger partial charge is 0.406 e. The Bertz CT molecular complexity index is 1030. The Morgan fingerprint density at radius 1 is 1.10 bits per heavy atom. The van der Waals surface area contributed by atoms with Crippen molar-refractivity contribution in [1.82, 2.24) is 9.97 Å². The van der Waals surface area contributed by atoms with Gasteiger partial charge in [0.25, 0.3) is 0 Å². The first-order chi connectivity index (χ1) is 14.2. The number of anilines is 3. The molecule has 1 heterocycles. The average Bonchev–Trinajstić information content (AvgIpc) is 2.68. The summed E-state index contributed by atoms with van der Waals surface area (Å²) < 4.78 is 41.6. The quantitative estimate of drug-likeness (QED) is 0.473. The highest BCUT2D eigenvalue weighted by molar-refractivity contribution is 6.31. The maximum atomic E-state index is 12.5. The number of rotatable bonds is 7. The first-order valence-corrected chi connectivity index (χ1v) is 9.24. The van der Waals surface area contributed by atoms with Crippen LogP contribution in [0.15, 0.2) is 48.5 Å². The fraction of sp³-hybridized carbons (Fsp3) is 0.200. The molecular formula is C20H18ClF3N4O2. The number of hydrogen-bond donors (Lipinski definition) is 3. The lowest BCUT2D eigenvalue weighted by Crippen LogP contribution is -2.17. The predicted molar refractivity (Wildman–Crippen MR) is 109 cm³/mol.